The van der Waals surface area contributed by atoms with Crippen molar-refractivity contribution < 1.29 is 23.8 Å². The molecule has 1 N–H and O–H groups in total. The molecule has 2 heterocycles. The van der Waals surface area contributed by atoms with Crippen molar-refractivity contribution in [3.63, 3.8) is 0 Å². The summed E-state index contributed by atoms with van der Waals surface area (Å²) in [5.41, 5.74) is -0.146. The zero-order valence-electron chi connectivity index (χ0n) is 11.1. The number of aryl methyl sites for hydroxylation is 1. The summed E-state index contributed by atoms with van der Waals surface area (Å²) in [5.74, 6) is 0.150. The third-order valence-corrected chi connectivity index (χ3v) is 3.09. The summed E-state index contributed by atoms with van der Waals surface area (Å²) >= 11 is 0. The van der Waals surface area contributed by atoms with E-state index in [9.17, 15) is 9.59 Å². The van der Waals surface area contributed by atoms with Crippen LogP contribution < -0.4 is 15.1 Å². The van der Waals surface area contributed by atoms with E-state index in [0.717, 1.165) is 6.42 Å². The van der Waals surface area contributed by atoms with Crippen LogP contribution in [0.5, 0.6) is 11.5 Å². The van der Waals surface area contributed by atoms with E-state index in [1.165, 1.54) is 0 Å². The first-order chi connectivity index (χ1) is 10.1. The number of ether oxygens (including phenoxy) is 2. The molecule has 1 aliphatic heterocycles. The van der Waals surface area contributed by atoms with Crippen molar-refractivity contribution in [3.8, 4) is 11.5 Å². The Hall–Kier alpha value is -2.57. The molecular weight excluding hydrogens is 278 g/mol. The highest BCUT2D eigenvalue weighted by atomic mass is 16.5. The van der Waals surface area contributed by atoms with E-state index in [-0.39, 0.29) is 18.7 Å². The van der Waals surface area contributed by atoms with Gasteiger partial charge >= 0.3 is 11.6 Å². The van der Waals surface area contributed by atoms with Crippen LogP contribution >= 0.6 is 0 Å². The highest BCUT2D eigenvalue weighted by Crippen LogP contribution is 2.32. The van der Waals surface area contributed by atoms with Gasteiger partial charge in [-0.2, -0.15) is 0 Å². The van der Waals surface area contributed by atoms with E-state index in [1.54, 1.807) is 12.1 Å². The molecule has 0 unspecified atom stereocenters. The molecule has 3 rings (SSSR count). The maximum atomic E-state index is 12.0. The molecule has 0 saturated heterocycles. The maximum absolute atomic E-state index is 12.0. The molecule has 0 amide bonds. The van der Waals surface area contributed by atoms with Crippen LogP contribution in [0.4, 0.5) is 0 Å². The van der Waals surface area contributed by atoms with Gasteiger partial charge in [0.2, 0.25) is 0 Å². The van der Waals surface area contributed by atoms with Crippen molar-refractivity contribution in [2.45, 2.75) is 19.3 Å². The van der Waals surface area contributed by atoms with Crippen LogP contribution in [0.15, 0.2) is 21.3 Å². The Morgan fingerprint density at radius 3 is 2.67 bits per heavy atom. The minimum Gasteiger partial charge on any atom is -0.490 e. The molecule has 0 saturated carbocycles. The summed E-state index contributed by atoms with van der Waals surface area (Å²) in [7, 11) is 0. The quantitative estimate of drug-likeness (QED) is 0.911. The molecule has 2 aromatic rings. The third kappa shape index (κ3) is 2.81. The minimum absolute atomic E-state index is 0.0644. The normalized spacial score (nSPS) is 13.9. The fourth-order valence-corrected chi connectivity index (χ4v) is 2.09. The van der Waals surface area contributed by atoms with Gasteiger partial charge in [0.1, 0.15) is 0 Å². The van der Waals surface area contributed by atoms with Gasteiger partial charge in [0.15, 0.2) is 17.4 Å². The fourth-order valence-electron chi connectivity index (χ4n) is 2.09. The lowest BCUT2D eigenvalue weighted by molar-refractivity contribution is -0.137. The summed E-state index contributed by atoms with van der Waals surface area (Å²) in [6, 6.07) is 3.17. The van der Waals surface area contributed by atoms with Crippen molar-refractivity contribution in [2.75, 3.05) is 13.2 Å². The fraction of sp³-hybridized carbons (Fsp3) is 0.357. The molecule has 0 aliphatic carbocycles. The molecule has 1 aliphatic rings. The number of fused-ring (bicyclic) bond motifs is 2. The Labute approximate surface area is 119 Å². The molecule has 0 bridgehead atoms. The number of nitrogens with zero attached hydrogens (tertiary/aromatic N) is 1. The molecule has 110 valence electrons. The lowest BCUT2D eigenvalue weighted by atomic mass is 10.2. The van der Waals surface area contributed by atoms with Gasteiger partial charge in [-0.1, -0.05) is 0 Å². The summed E-state index contributed by atoms with van der Waals surface area (Å²) in [5, 5.41) is 8.95. The smallest absolute Gasteiger partial charge is 0.346 e. The Kier molecular flexibility index (Phi) is 3.47. The number of carboxylic acids is 1. The molecule has 7 nitrogen and oxygen atoms in total. The Morgan fingerprint density at radius 2 is 1.95 bits per heavy atom. The molecule has 7 heteroatoms. The van der Waals surface area contributed by atoms with E-state index in [2.05, 4.69) is 4.98 Å². The van der Waals surface area contributed by atoms with E-state index < -0.39 is 11.6 Å². The van der Waals surface area contributed by atoms with Crippen molar-refractivity contribution >= 4 is 16.9 Å². The minimum atomic E-state index is -0.974. The van der Waals surface area contributed by atoms with Crippen molar-refractivity contribution in [1.82, 2.24) is 4.98 Å². The lowest BCUT2D eigenvalue weighted by Crippen LogP contribution is -2.07. The number of hydrogen-bond donors (Lipinski definition) is 1. The molecule has 0 atom stereocenters. The first-order valence-corrected chi connectivity index (χ1v) is 6.58. The van der Waals surface area contributed by atoms with Gasteiger partial charge in [-0.25, -0.2) is 9.78 Å². The van der Waals surface area contributed by atoms with Crippen molar-refractivity contribution in [2.24, 2.45) is 0 Å². The second-order valence-corrected chi connectivity index (χ2v) is 4.66. The molecule has 0 fully saturated rings. The van der Waals surface area contributed by atoms with Crippen LogP contribution in [0.1, 0.15) is 18.7 Å². The Balaban J connectivity index is 2.05. The van der Waals surface area contributed by atoms with E-state index in [1.807, 2.05) is 0 Å². The first-order valence-electron chi connectivity index (χ1n) is 6.58. The van der Waals surface area contributed by atoms with Crippen LogP contribution in [0.25, 0.3) is 10.9 Å². The number of benzene rings is 1. The zero-order valence-corrected chi connectivity index (χ0v) is 11.1. The average molecular weight is 291 g/mol. The topological polar surface area (TPSA) is 98.9 Å². The zero-order chi connectivity index (χ0) is 14.8. The average Bonchev–Trinajstić information content (AvgIpc) is 2.68. The second-order valence-electron chi connectivity index (χ2n) is 4.66. The summed E-state index contributed by atoms with van der Waals surface area (Å²) in [6.07, 6.45) is 0.678. The van der Waals surface area contributed by atoms with Crippen molar-refractivity contribution in [1.29, 1.82) is 0 Å². The first kappa shape index (κ1) is 13.4. The summed E-state index contributed by atoms with van der Waals surface area (Å²) < 4.78 is 16.1. The third-order valence-electron chi connectivity index (χ3n) is 3.09. The van der Waals surface area contributed by atoms with E-state index in [4.69, 9.17) is 19.0 Å². The van der Waals surface area contributed by atoms with Crippen LogP contribution in [0, 0.1) is 0 Å². The van der Waals surface area contributed by atoms with Crippen LogP contribution in [-0.4, -0.2) is 29.3 Å². The van der Waals surface area contributed by atoms with Crippen LogP contribution in [0.3, 0.4) is 0 Å². The molecular formula is C14H13NO6. The second kappa shape index (κ2) is 5.43. The van der Waals surface area contributed by atoms with E-state index in [0.29, 0.717) is 35.6 Å². The van der Waals surface area contributed by atoms with E-state index >= 15 is 0 Å². The molecule has 1 aromatic carbocycles. The van der Waals surface area contributed by atoms with Gasteiger partial charge in [-0.05, 0) is 0 Å². The molecule has 0 radical (unpaired) electrons. The number of carbonyl (C=O) groups is 1. The number of aliphatic carboxylic acids is 1. The Morgan fingerprint density at radius 1 is 1.24 bits per heavy atom. The van der Waals surface area contributed by atoms with Gasteiger partial charge in [-0.15, -0.1) is 0 Å². The Bertz CT molecular complexity index is 751. The SMILES string of the molecule is O=C(O)CCc1nc2cc3c(cc2c(=O)o1)OCCCO3. The van der Waals surface area contributed by atoms with Gasteiger partial charge < -0.3 is 19.0 Å². The van der Waals surface area contributed by atoms with Crippen LogP contribution in [-0.2, 0) is 11.2 Å². The predicted octanol–water partition coefficient (Wildman–Crippen LogP) is 1.37. The lowest BCUT2D eigenvalue weighted by Gasteiger charge is -2.08. The van der Waals surface area contributed by atoms with Gasteiger partial charge in [0, 0.05) is 25.0 Å². The number of carboxylic acid groups (broad SMARTS) is 1. The molecule has 21 heavy (non-hydrogen) atoms. The number of rotatable bonds is 3. The van der Waals surface area contributed by atoms with Crippen LogP contribution in [0.2, 0.25) is 0 Å². The van der Waals surface area contributed by atoms with Crippen molar-refractivity contribution in [3.05, 3.63) is 28.4 Å². The summed E-state index contributed by atoms with van der Waals surface area (Å²) in [4.78, 5) is 26.7. The molecule has 0 spiro atoms. The van der Waals surface area contributed by atoms with Gasteiger partial charge in [-0.3, -0.25) is 4.79 Å². The summed E-state index contributed by atoms with van der Waals surface area (Å²) in [6.45, 7) is 1.06. The van der Waals surface area contributed by atoms with Gasteiger partial charge in [0.05, 0.1) is 30.5 Å². The molecule has 1 aromatic heterocycles. The predicted molar refractivity (Wildman–Crippen MR) is 71.8 cm³/mol. The maximum Gasteiger partial charge on any atom is 0.346 e. The number of aromatic nitrogens is 1. The van der Waals surface area contributed by atoms with Gasteiger partial charge in [0.25, 0.3) is 0 Å². The standard InChI is InChI=1S/C14H13NO6/c16-13(17)3-2-12-15-9-7-11-10(19-4-1-5-20-11)6-8(9)14(18)21-12/h6-7H,1-5H2,(H,16,17). The largest absolute Gasteiger partial charge is 0.490 e. The highest BCUT2D eigenvalue weighted by molar-refractivity contribution is 5.81. The highest BCUT2D eigenvalue weighted by Gasteiger charge is 2.15. The number of hydrogen-bond acceptors (Lipinski definition) is 6. The monoisotopic (exact) mass is 291 g/mol.